The highest BCUT2D eigenvalue weighted by Gasteiger charge is 2.32. The van der Waals surface area contributed by atoms with E-state index in [4.69, 9.17) is 4.74 Å². The van der Waals surface area contributed by atoms with E-state index in [1.807, 2.05) is 6.92 Å². The maximum atomic E-state index is 12.5. The summed E-state index contributed by atoms with van der Waals surface area (Å²) >= 11 is 0. The molecule has 0 aromatic heterocycles. The summed E-state index contributed by atoms with van der Waals surface area (Å²) in [6.07, 6.45) is -4.27. The van der Waals surface area contributed by atoms with Gasteiger partial charge >= 0.3 is 6.18 Å². The van der Waals surface area contributed by atoms with E-state index >= 15 is 0 Å². The van der Waals surface area contributed by atoms with Crippen molar-refractivity contribution in [2.45, 2.75) is 32.0 Å². The van der Waals surface area contributed by atoms with Gasteiger partial charge in [0.1, 0.15) is 5.75 Å². The van der Waals surface area contributed by atoms with Gasteiger partial charge in [0.05, 0.1) is 13.5 Å². The van der Waals surface area contributed by atoms with Crippen molar-refractivity contribution < 1.29 is 17.9 Å². The summed E-state index contributed by atoms with van der Waals surface area (Å²) in [7, 11) is 1.50. The molecule has 0 heterocycles. The molecular formula is C13H18F3NO. The summed E-state index contributed by atoms with van der Waals surface area (Å²) in [5.74, 6) is 0.568. The highest BCUT2D eigenvalue weighted by Crippen LogP contribution is 2.30. The van der Waals surface area contributed by atoms with Crippen LogP contribution in [-0.4, -0.2) is 19.8 Å². The third-order valence-electron chi connectivity index (χ3n) is 2.57. The zero-order chi connectivity index (χ0) is 13.6. The van der Waals surface area contributed by atoms with Crippen LogP contribution in [-0.2, 0) is 0 Å². The maximum absolute atomic E-state index is 12.5. The normalized spacial score (nSPS) is 13.4. The Morgan fingerprint density at radius 2 is 2.06 bits per heavy atom. The third-order valence-corrected chi connectivity index (χ3v) is 2.57. The summed E-state index contributed by atoms with van der Waals surface area (Å²) in [6, 6.07) is 6.01. The molecule has 1 unspecified atom stereocenters. The fourth-order valence-electron chi connectivity index (χ4n) is 1.72. The molecule has 0 spiro atoms. The van der Waals surface area contributed by atoms with Crippen LogP contribution < -0.4 is 10.1 Å². The van der Waals surface area contributed by atoms with Gasteiger partial charge in [-0.1, -0.05) is 19.1 Å². The molecule has 0 aliphatic rings. The van der Waals surface area contributed by atoms with E-state index in [1.54, 1.807) is 24.3 Å². The van der Waals surface area contributed by atoms with Crippen LogP contribution in [0.15, 0.2) is 24.3 Å². The number of nitrogens with one attached hydrogen (secondary N) is 1. The first-order chi connectivity index (χ1) is 8.46. The van der Waals surface area contributed by atoms with E-state index in [-0.39, 0.29) is 0 Å². The van der Waals surface area contributed by atoms with Gasteiger partial charge in [-0.2, -0.15) is 13.2 Å². The Balaban J connectivity index is 2.86. The van der Waals surface area contributed by atoms with Crippen molar-refractivity contribution in [3.8, 4) is 5.75 Å². The van der Waals surface area contributed by atoms with Crippen LogP contribution in [0.25, 0.3) is 0 Å². The van der Waals surface area contributed by atoms with E-state index in [0.717, 1.165) is 6.42 Å². The van der Waals surface area contributed by atoms with Crippen molar-refractivity contribution in [3.63, 3.8) is 0 Å². The van der Waals surface area contributed by atoms with E-state index < -0.39 is 18.6 Å². The summed E-state index contributed by atoms with van der Waals surface area (Å²) < 4.78 is 42.6. The fourth-order valence-corrected chi connectivity index (χ4v) is 1.72. The van der Waals surface area contributed by atoms with Gasteiger partial charge in [-0.15, -0.1) is 0 Å². The molecule has 0 saturated heterocycles. The molecule has 0 fully saturated rings. The first kappa shape index (κ1) is 14.8. The van der Waals surface area contributed by atoms with Gasteiger partial charge in [0.25, 0.3) is 0 Å². The van der Waals surface area contributed by atoms with Gasteiger partial charge in [0.2, 0.25) is 0 Å². The highest BCUT2D eigenvalue weighted by atomic mass is 19.4. The van der Waals surface area contributed by atoms with Crippen molar-refractivity contribution >= 4 is 0 Å². The first-order valence-corrected chi connectivity index (χ1v) is 5.90. The molecule has 0 bridgehead atoms. The molecule has 1 aromatic carbocycles. The predicted molar refractivity (Wildman–Crippen MR) is 64.7 cm³/mol. The fraction of sp³-hybridized carbons (Fsp3) is 0.538. The van der Waals surface area contributed by atoms with Crippen LogP contribution in [0.3, 0.4) is 0 Å². The summed E-state index contributed by atoms with van der Waals surface area (Å²) in [5.41, 5.74) is 0.597. The molecule has 1 rings (SSSR count). The molecule has 102 valence electrons. The van der Waals surface area contributed by atoms with Gasteiger partial charge < -0.3 is 10.1 Å². The number of ether oxygens (including phenoxy) is 1. The minimum absolute atomic E-state index is 0.554. The van der Waals surface area contributed by atoms with Crippen molar-refractivity contribution in [2.75, 3.05) is 13.7 Å². The van der Waals surface area contributed by atoms with Crippen molar-refractivity contribution in [1.82, 2.24) is 5.32 Å². The van der Waals surface area contributed by atoms with Crippen molar-refractivity contribution in [1.29, 1.82) is 0 Å². The second kappa shape index (κ2) is 6.64. The van der Waals surface area contributed by atoms with E-state index in [0.29, 0.717) is 17.9 Å². The van der Waals surface area contributed by atoms with E-state index in [2.05, 4.69) is 5.32 Å². The maximum Gasteiger partial charge on any atom is 0.390 e. The minimum Gasteiger partial charge on any atom is -0.497 e. The molecule has 18 heavy (non-hydrogen) atoms. The average molecular weight is 261 g/mol. The smallest absolute Gasteiger partial charge is 0.390 e. The summed E-state index contributed by atoms with van der Waals surface area (Å²) in [5, 5.41) is 2.92. The van der Waals surface area contributed by atoms with Gasteiger partial charge in [-0.25, -0.2) is 0 Å². The standard InChI is InChI=1S/C13H18F3NO/c1-3-7-17-12(9-13(14,15)16)10-5-4-6-11(8-10)18-2/h4-6,8,12,17H,3,7,9H2,1-2H3. The number of hydrogen-bond acceptors (Lipinski definition) is 2. The van der Waals surface area contributed by atoms with E-state index in [9.17, 15) is 13.2 Å². The van der Waals surface area contributed by atoms with Crippen LogP contribution in [0.4, 0.5) is 13.2 Å². The molecule has 1 atom stereocenters. The van der Waals surface area contributed by atoms with Crippen molar-refractivity contribution in [3.05, 3.63) is 29.8 Å². The Morgan fingerprint density at radius 1 is 1.33 bits per heavy atom. The lowest BCUT2D eigenvalue weighted by molar-refractivity contribution is -0.140. The molecule has 5 heteroatoms. The number of halogens is 3. The quantitative estimate of drug-likeness (QED) is 0.843. The molecule has 2 nitrogen and oxygen atoms in total. The second-order valence-corrected chi connectivity index (χ2v) is 4.10. The van der Waals surface area contributed by atoms with Gasteiger partial charge in [-0.3, -0.25) is 0 Å². The Bertz CT molecular complexity index is 365. The largest absolute Gasteiger partial charge is 0.497 e. The average Bonchev–Trinajstić information content (AvgIpc) is 2.33. The lowest BCUT2D eigenvalue weighted by Gasteiger charge is -2.21. The molecule has 0 aliphatic heterocycles. The second-order valence-electron chi connectivity index (χ2n) is 4.10. The lowest BCUT2D eigenvalue weighted by atomic mass is 10.0. The number of rotatable bonds is 6. The molecule has 1 N–H and O–H groups in total. The number of methoxy groups -OCH3 is 1. The van der Waals surface area contributed by atoms with Crippen LogP contribution in [0.5, 0.6) is 5.75 Å². The Labute approximate surface area is 105 Å². The Kier molecular flexibility index (Phi) is 5.47. The van der Waals surface area contributed by atoms with Crippen LogP contribution in [0.2, 0.25) is 0 Å². The number of benzene rings is 1. The predicted octanol–water partition coefficient (Wildman–Crippen LogP) is 3.69. The summed E-state index contributed by atoms with van der Waals surface area (Å²) in [6.45, 7) is 2.47. The number of alkyl halides is 3. The SMILES string of the molecule is CCCNC(CC(F)(F)F)c1cccc(OC)c1. The Morgan fingerprint density at radius 3 is 2.61 bits per heavy atom. The van der Waals surface area contributed by atoms with Gasteiger partial charge in [0.15, 0.2) is 0 Å². The van der Waals surface area contributed by atoms with Gasteiger partial charge in [0, 0.05) is 6.04 Å². The molecule has 0 amide bonds. The van der Waals surface area contributed by atoms with Crippen LogP contribution in [0, 0.1) is 0 Å². The monoisotopic (exact) mass is 261 g/mol. The lowest BCUT2D eigenvalue weighted by Crippen LogP contribution is -2.27. The molecule has 0 saturated carbocycles. The molecule has 1 aromatic rings. The topological polar surface area (TPSA) is 21.3 Å². The molecular weight excluding hydrogens is 243 g/mol. The third kappa shape index (κ3) is 4.96. The highest BCUT2D eigenvalue weighted by molar-refractivity contribution is 5.30. The summed E-state index contributed by atoms with van der Waals surface area (Å²) in [4.78, 5) is 0. The zero-order valence-corrected chi connectivity index (χ0v) is 10.6. The number of hydrogen-bond donors (Lipinski definition) is 1. The molecule has 0 radical (unpaired) electrons. The minimum atomic E-state index is -4.19. The zero-order valence-electron chi connectivity index (χ0n) is 10.6. The van der Waals surface area contributed by atoms with Gasteiger partial charge in [-0.05, 0) is 30.7 Å². The van der Waals surface area contributed by atoms with Crippen molar-refractivity contribution in [2.24, 2.45) is 0 Å². The Hall–Kier alpha value is -1.23. The first-order valence-electron chi connectivity index (χ1n) is 5.90. The molecule has 0 aliphatic carbocycles. The van der Waals surface area contributed by atoms with E-state index in [1.165, 1.54) is 7.11 Å². The van der Waals surface area contributed by atoms with Crippen LogP contribution >= 0.6 is 0 Å². The van der Waals surface area contributed by atoms with Crippen LogP contribution in [0.1, 0.15) is 31.4 Å².